The predicted octanol–water partition coefficient (Wildman–Crippen LogP) is 4.46. The van der Waals surface area contributed by atoms with Crippen LogP contribution >= 0.6 is 11.6 Å². The van der Waals surface area contributed by atoms with Gasteiger partial charge in [-0.05, 0) is 49.7 Å². The molecule has 130 valence electrons. The zero-order valence-electron chi connectivity index (χ0n) is 13.9. The normalized spacial score (nSPS) is 17.6. The zero-order chi connectivity index (χ0) is 18.4. The quantitative estimate of drug-likeness (QED) is 0.791. The van der Waals surface area contributed by atoms with Crippen LogP contribution in [0.3, 0.4) is 0 Å². The summed E-state index contributed by atoms with van der Waals surface area (Å²) in [5.41, 5.74) is 0.155. The summed E-state index contributed by atoms with van der Waals surface area (Å²) in [5, 5.41) is 0.321. The standard InChI is InChI=1S/C19H16ClFO3S/c1-19(2)18(22)16(11-5-4-6-12(21)9-11)17(24-19)14-8-7-13(25(3)23)10-15(14)20/h4-10H,1-3H3. The minimum atomic E-state index is -1.18. The Bertz CT molecular complexity index is 934. The van der Waals surface area contributed by atoms with Crippen LogP contribution in [-0.4, -0.2) is 21.8 Å². The third-order valence-electron chi connectivity index (χ3n) is 3.99. The Kier molecular flexibility index (Phi) is 4.56. The molecule has 25 heavy (non-hydrogen) atoms. The van der Waals surface area contributed by atoms with Gasteiger partial charge in [-0.1, -0.05) is 23.7 Å². The average Bonchev–Trinajstić information content (AvgIpc) is 2.77. The Morgan fingerprint density at radius 2 is 1.88 bits per heavy atom. The average molecular weight is 379 g/mol. The molecule has 3 rings (SSSR count). The minimum Gasteiger partial charge on any atom is -0.478 e. The molecule has 1 aliphatic heterocycles. The topological polar surface area (TPSA) is 43.4 Å². The molecule has 1 aliphatic rings. The molecular weight excluding hydrogens is 363 g/mol. The van der Waals surface area contributed by atoms with Crippen molar-refractivity contribution in [3.63, 3.8) is 0 Å². The van der Waals surface area contributed by atoms with Gasteiger partial charge in [-0.25, -0.2) is 4.39 Å². The minimum absolute atomic E-state index is 0.243. The van der Waals surface area contributed by atoms with Crippen molar-refractivity contribution in [3.05, 3.63) is 64.4 Å². The molecule has 0 amide bonds. The van der Waals surface area contributed by atoms with Crippen LogP contribution in [-0.2, 0) is 20.3 Å². The summed E-state index contributed by atoms with van der Waals surface area (Å²) < 4.78 is 31.2. The largest absolute Gasteiger partial charge is 0.478 e. The lowest BCUT2D eigenvalue weighted by atomic mass is 9.92. The smallest absolute Gasteiger partial charge is 0.210 e. The molecule has 6 heteroatoms. The van der Waals surface area contributed by atoms with E-state index in [-0.39, 0.29) is 11.4 Å². The maximum atomic E-state index is 13.7. The highest BCUT2D eigenvalue weighted by molar-refractivity contribution is 7.84. The van der Waals surface area contributed by atoms with Crippen molar-refractivity contribution in [2.24, 2.45) is 0 Å². The molecule has 0 bridgehead atoms. The van der Waals surface area contributed by atoms with Gasteiger partial charge >= 0.3 is 0 Å². The summed E-state index contributed by atoms with van der Waals surface area (Å²) in [6, 6.07) is 10.7. The van der Waals surface area contributed by atoms with Gasteiger partial charge in [0.2, 0.25) is 5.78 Å². The molecular formula is C19H16ClFO3S. The molecule has 0 N–H and O–H groups in total. The monoisotopic (exact) mass is 378 g/mol. The molecule has 0 fully saturated rings. The SMILES string of the molecule is CS(=O)c1ccc(C2=C(c3cccc(F)c3)C(=O)C(C)(C)O2)c(Cl)c1. The van der Waals surface area contributed by atoms with E-state index in [4.69, 9.17) is 16.3 Å². The number of carbonyl (C=O) groups excluding carboxylic acids is 1. The fourth-order valence-electron chi connectivity index (χ4n) is 2.71. The predicted molar refractivity (Wildman–Crippen MR) is 97.2 cm³/mol. The van der Waals surface area contributed by atoms with Crippen LogP contribution in [0.1, 0.15) is 25.0 Å². The van der Waals surface area contributed by atoms with E-state index < -0.39 is 22.2 Å². The Balaban J connectivity index is 2.22. The van der Waals surface area contributed by atoms with E-state index in [0.29, 0.717) is 26.8 Å². The summed E-state index contributed by atoms with van der Waals surface area (Å²) in [7, 11) is -1.18. The second-order valence-corrected chi connectivity index (χ2v) is 8.04. The van der Waals surface area contributed by atoms with Gasteiger partial charge in [-0.3, -0.25) is 9.00 Å². The Morgan fingerprint density at radius 3 is 2.48 bits per heavy atom. The van der Waals surface area contributed by atoms with Gasteiger partial charge in [-0.2, -0.15) is 0 Å². The molecule has 2 aromatic rings. The highest BCUT2D eigenvalue weighted by atomic mass is 35.5. The van der Waals surface area contributed by atoms with E-state index >= 15 is 0 Å². The number of hydrogen-bond acceptors (Lipinski definition) is 3. The maximum Gasteiger partial charge on any atom is 0.210 e. The van der Waals surface area contributed by atoms with Crippen LogP contribution in [0.2, 0.25) is 5.02 Å². The van der Waals surface area contributed by atoms with Crippen LogP contribution in [0, 0.1) is 5.82 Å². The Labute approximate surface area is 152 Å². The molecule has 1 heterocycles. The van der Waals surface area contributed by atoms with Gasteiger partial charge in [-0.15, -0.1) is 0 Å². The van der Waals surface area contributed by atoms with Crippen LogP contribution in [0.4, 0.5) is 4.39 Å². The highest BCUT2D eigenvalue weighted by Crippen LogP contribution is 2.43. The molecule has 0 spiro atoms. The molecule has 2 aromatic carbocycles. The van der Waals surface area contributed by atoms with E-state index in [1.54, 1.807) is 50.4 Å². The first-order valence-corrected chi connectivity index (χ1v) is 9.51. The summed E-state index contributed by atoms with van der Waals surface area (Å²) in [6.07, 6.45) is 1.56. The van der Waals surface area contributed by atoms with E-state index in [2.05, 4.69) is 0 Å². The lowest BCUT2D eigenvalue weighted by Gasteiger charge is -2.18. The first kappa shape index (κ1) is 17.8. The fraction of sp³-hybridized carbons (Fsp3) is 0.211. The molecule has 0 radical (unpaired) electrons. The summed E-state index contributed by atoms with van der Waals surface area (Å²) in [4.78, 5) is 13.4. The number of ether oxygens (including phenoxy) is 1. The molecule has 1 unspecified atom stereocenters. The Hall–Kier alpha value is -1.98. The number of Topliss-reactive ketones (excluding diaryl/α,β-unsaturated/α-hetero) is 1. The first-order valence-electron chi connectivity index (χ1n) is 7.58. The Morgan fingerprint density at radius 1 is 1.16 bits per heavy atom. The number of halogens is 2. The van der Waals surface area contributed by atoms with E-state index in [9.17, 15) is 13.4 Å². The van der Waals surface area contributed by atoms with Gasteiger partial charge in [0.1, 0.15) is 11.6 Å². The van der Waals surface area contributed by atoms with Crippen LogP contribution in [0.25, 0.3) is 11.3 Å². The second kappa shape index (κ2) is 6.39. The van der Waals surface area contributed by atoms with Crippen LogP contribution in [0.15, 0.2) is 47.4 Å². The molecule has 0 saturated heterocycles. The highest BCUT2D eigenvalue weighted by Gasteiger charge is 2.43. The van der Waals surface area contributed by atoms with Crippen molar-refractivity contribution in [1.29, 1.82) is 0 Å². The third kappa shape index (κ3) is 3.26. The summed E-state index contributed by atoms with van der Waals surface area (Å²) in [6.45, 7) is 3.32. The molecule has 0 aromatic heterocycles. The van der Waals surface area contributed by atoms with Crippen molar-refractivity contribution in [2.75, 3.05) is 6.26 Å². The summed E-state index contributed by atoms with van der Waals surface area (Å²) >= 11 is 6.34. The number of ketones is 1. The molecule has 0 aliphatic carbocycles. The van der Waals surface area contributed by atoms with Crippen molar-refractivity contribution in [2.45, 2.75) is 24.3 Å². The lowest BCUT2D eigenvalue weighted by molar-refractivity contribution is -0.125. The van der Waals surface area contributed by atoms with E-state index in [1.807, 2.05) is 0 Å². The van der Waals surface area contributed by atoms with E-state index in [0.717, 1.165) is 0 Å². The number of benzene rings is 2. The molecule has 1 atom stereocenters. The number of hydrogen-bond donors (Lipinski definition) is 0. The van der Waals surface area contributed by atoms with Crippen LogP contribution < -0.4 is 0 Å². The number of rotatable bonds is 3. The molecule has 0 saturated carbocycles. The van der Waals surface area contributed by atoms with Gasteiger partial charge in [0.25, 0.3) is 0 Å². The van der Waals surface area contributed by atoms with E-state index in [1.165, 1.54) is 12.1 Å². The third-order valence-corrected chi connectivity index (χ3v) is 5.22. The molecule has 3 nitrogen and oxygen atoms in total. The fourth-order valence-corrected chi connectivity index (χ4v) is 3.59. The van der Waals surface area contributed by atoms with Crippen molar-refractivity contribution >= 4 is 39.5 Å². The lowest BCUT2D eigenvalue weighted by Crippen LogP contribution is -2.29. The first-order chi connectivity index (χ1) is 11.7. The van der Waals surface area contributed by atoms with Gasteiger partial charge in [0.05, 0.1) is 10.6 Å². The van der Waals surface area contributed by atoms with Gasteiger partial charge in [0.15, 0.2) is 5.60 Å². The van der Waals surface area contributed by atoms with Crippen molar-refractivity contribution in [1.82, 2.24) is 0 Å². The van der Waals surface area contributed by atoms with Crippen LogP contribution in [0.5, 0.6) is 0 Å². The van der Waals surface area contributed by atoms with Crippen molar-refractivity contribution in [3.8, 4) is 0 Å². The van der Waals surface area contributed by atoms with Crippen molar-refractivity contribution < 1.29 is 18.1 Å². The maximum absolute atomic E-state index is 13.7. The second-order valence-electron chi connectivity index (χ2n) is 6.25. The number of carbonyl (C=O) groups is 1. The van der Waals surface area contributed by atoms with Gasteiger partial charge < -0.3 is 4.74 Å². The summed E-state index contributed by atoms with van der Waals surface area (Å²) in [5.74, 6) is -0.379. The zero-order valence-corrected chi connectivity index (χ0v) is 15.5. The van der Waals surface area contributed by atoms with Gasteiger partial charge in [0, 0.05) is 27.5 Å².